The van der Waals surface area contributed by atoms with Gasteiger partial charge in [-0.2, -0.15) is 0 Å². The molecule has 0 amide bonds. The van der Waals surface area contributed by atoms with Gasteiger partial charge in [0.25, 0.3) is 0 Å². The van der Waals surface area contributed by atoms with Gasteiger partial charge < -0.3 is 15.0 Å². The second kappa shape index (κ2) is 5.22. The molecule has 0 radical (unpaired) electrons. The maximum atomic E-state index is 5.97. The quantitative estimate of drug-likeness (QED) is 0.922. The molecule has 1 fully saturated rings. The van der Waals surface area contributed by atoms with E-state index >= 15 is 0 Å². The predicted molar refractivity (Wildman–Crippen MR) is 81.3 cm³/mol. The molecule has 1 aromatic heterocycles. The van der Waals surface area contributed by atoms with E-state index in [1.54, 1.807) is 7.11 Å². The molecule has 1 aromatic carbocycles. The summed E-state index contributed by atoms with van der Waals surface area (Å²) in [5.41, 5.74) is 7.78. The number of anilines is 1. The zero-order chi connectivity index (χ0) is 14.2. The highest BCUT2D eigenvalue weighted by Gasteiger charge is 2.39. The van der Waals surface area contributed by atoms with Gasteiger partial charge in [-0.25, -0.2) is 0 Å². The Morgan fingerprint density at radius 1 is 1.35 bits per heavy atom. The first kappa shape index (κ1) is 13.6. The largest absolute Gasteiger partial charge is 0.380 e. The van der Waals surface area contributed by atoms with Crippen LogP contribution in [0.15, 0.2) is 33.3 Å². The summed E-state index contributed by atoms with van der Waals surface area (Å²) in [6.07, 6.45) is 4.04. The molecule has 0 saturated heterocycles. The van der Waals surface area contributed by atoms with E-state index in [1.807, 2.05) is 24.3 Å². The average molecular weight is 337 g/mol. The highest BCUT2D eigenvalue weighted by molar-refractivity contribution is 9.10. The Hall–Kier alpha value is -1.33. The van der Waals surface area contributed by atoms with E-state index in [4.69, 9.17) is 15.0 Å². The Labute approximate surface area is 126 Å². The number of ether oxygens (including phenoxy) is 1. The third kappa shape index (κ3) is 2.36. The van der Waals surface area contributed by atoms with Gasteiger partial charge >= 0.3 is 0 Å². The molecule has 20 heavy (non-hydrogen) atoms. The fourth-order valence-electron chi connectivity index (χ4n) is 2.70. The summed E-state index contributed by atoms with van der Waals surface area (Å²) in [6, 6.07) is 8.00. The summed E-state index contributed by atoms with van der Waals surface area (Å²) in [5.74, 6) is 1.25. The summed E-state index contributed by atoms with van der Waals surface area (Å²) in [4.78, 5) is 0. The number of benzene rings is 1. The van der Waals surface area contributed by atoms with Gasteiger partial charge in [-0.05, 0) is 37.0 Å². The molecular formula is C15H17BrN2O2. The van der Waals surface area contributed by atoms with Crippen LogP contribution in [0, 0.1) is 0 Å². The summed E-state index contributed by atoms with van der Waals surface area (Å²) >= 11 is 3.44. The molecule has 0 aliphatic heterocycles. The monoisotopic (exact) mass is 336 g/mol. The Morgan fingerprint density at radius 3 is 2.60 bits per heavy atom. The third-order valence-electron chi connectivity index (χ3n) is 4.10. The standard InChI is InChI=1S/C15H17BrN2O2/c1-19-15(7-2-8-15)9-12-13(14(17)18-20-12)10-3-5-11(16)6-4-10/h3-6H,2,7-9H2,1H3,(H2,17,18). The molecule has 2 N–H and O–H groups in total. The zero-order valence-electron chi connectivity index (χ0n) is 11.4. The van der Waals surface area contributed by atoms with Crippen molar-refractivity contribution in [3.63, 3.8) is 0 Å². The number of methoxy groups -OCH3 is 1. The first-order valence-electron chi connectivity index (χ1n) is 6.69. The van der Waals surface area contributed by atoms with Crippen molar-refractivity contribution < 1.29 is 9.26 Å². The maximum absolute atomic E-state index is 5.97. The number of hydrogen-bond acceptors (Lipinski definition) is 4. The number of halogens is 1. The van der Waals surface area contributed by atoms with Gasteiger partial charge in [-0.3, -0.25) is 0 Å². The topological polar surface area (TPSA) is 61.3 Å². The first-order valence-corrected chi connectivity index (χ1v) is 7.48. The minimum Gasteiger partial charge on any atom is -0.380 e. The lowest BCUT2D eigenvalue weighted by Crippen LogP contribution is -2.41. The van der Waals surface area contributed by atoms with E-state index in [1.165, 1.54) is 6.42 Å². The third-order valence-corrected chi connectivity index (χ3v) is 4.63. The fourth-order valence-corrected chi connectivity index (χ4v) is 2.97. The van der Waals surface area contributed by atoms with Crippen LogP contribution in [-0.4, -0.2) is 17.9 Å². The number of rotatable bonds is 4. The maximum Gasteiger partial charge on any atom is 0.175 e. The van der Waals surface area contributed by atoms with Crippen LogP contribution in [0.25, 0.3) is 11.1 Å². The molecule has 1 aliphatic rings. The van der Waals surface area contributed by atoms with Gasteiger partial charge in [-0.15, -0.1) is 0 Å². The number of nitrogen functional groups attached to an aromatic ring is 1. The normalized spacial score (nSPS) is 16.9. The SMILES string of the molecule is COC1(Cc2onc(N)c2-c2ccc(Br)cc2)CCC1. The van der Waals surface area contributed by atoms with Crippen LogP contribution in [0.1, 0.15) is 25.0 Å². The molecule has 0 atom stereocenters. The molecule has 3 rings (SSSR count). The molecule has 1 heterocycles. The van der Waals surface area contributed by atoms with Crippen molar-refractivity contribution in [2.45, 2.75) is 31.3 Å². The molecule has 106 valence electrons. The van der Waals surface area contributed by atoms with Crippen molar-refractivity contribution in [2.75, 3.05) is 12.8 Å². The predicted octanol–water partition coefficient (Wildman–Crippen LogP) is 3.80. The molecule has 0 bridgehead atoms. The second-order valence-electron chi connectivity index (χ2n) is 5.29. The van der Waals surface area contributed by atoms with Crippen LogP contribution in [0.3, 0.4) is 0 Å². The van der Waals surface area contributed by atoms with E-state index in [-0.39, 0.29) is 5.60 Å². The van der Waals surface area contributed by atoms with Crippen LogP contribution in [0.4, 0.5) is 5.82 Å². The zero-order valence-corrected chi connectivity index (χ0v) is 12.9. The Kier molecular flexibility index (Phi) is 3.56. The Bertz CT molecular complexity index is 597. The van der Waals surface area contributed by atoms with Crippen LogP contribution < -0.4 is 5.73 Å². The van der Waals surface area contributed by atoms with Gasteiger partial charge in [0.1, 0.15) is 5.76 Å². The summed E-state index contributed by atoms with van der Waals surface area (Å²) in [7, 11) is 1.76. The van der Waals surface area contributed by atoms with Crippen molar-refractivity contribution in [2.24, 2.45) is 0 Å². The molecule has 4 nitrogen and oxygen atoms in total. The molecule has 0 spiro atoms. The van der Waals surface area contributed by atoms with E-state index in [0.717, 1.165) is 40.6 Å². The van der Waals surface area contributed by atoms with Crippen molar-refractivity contribution in [1.82, 2.24) is 5.16 Å². The van der Waals surface area contributed by atoms with Crippen molar-refractivity contribution in [1.29, 1.82) is 0 Å². The van der Waals surface area contributed by atoms with Gasteiger partial charge in [0.2, 0.25) is 0 Å². The minimum atomic E-state index is -0.101. The lowest BCUT2D eigenvalue weighted by molar-refractivity contribution is -0.0742. The molecule has 1 saturated carbocycles. The Balaban J connectivity index is 1.95. The van der Waals surface area contributed by atoms with E-state index < -0.39 is 0 Å². The van der Waals surface area contributed by atoms with Crippen LogP contribution in [-0.2, 0) is 11.2 Å². The summed E-state index contributed by atoms with van der Waals surface area (Å²) in [6.45, 7) is 0. The van der Waals surface area contributed by atoms with E-state index in [0.29, 0.717) is 5.82 Å². The lowest BCUT2D eigenvalue weighted by atomic mass is 9.76. The number of aromatic nitrogens is 1. The Morgan fingerprint density at radius 2 is 2.05 bits per heavy atom. The second-order valence-corrected chi connectivity index (χ2v) is 6.21. The van der Waals surface area contributed by atoms with Crippen LogP contribution in [0.2, 0.25) is 0 Å². The summed E-state index contributed by atoms with van der Waals surface area (Å²) in [5, 5.41) is 3.93. The van der Waals surface area contributed by atoms with E-state index in [9.17, 15) is 0 Å². The molecular weight excluding hydrogens is 320 g/mol. The van der Waals surface area contributed by atoms with Gasteiger partial charge in [0, 0.05) is 18.0 Å². The first-order chi connectivity index (χ1) is 9.63. The summed E-state index contributed by atoms with van der Waals surface area (Å²) < 4.78 is 12.1. The average Bonchev–Trinajstić information content (AvgIpc) is 2.76. The molecule has 0 unspecified atom stereocenters. The highest BCUT2D eigenvalue weighted by Crippen LogP contribution is 2.41. The highest BCUT2D eigenvalue weighted by atomic mass is 79.9. The number of nitrogens with two attached hydrogens (primary N) is 1. The molecule has 2 aromatic rings. The van der Waals surface area contributed by atoms with Gasteiger partial charge in [0.15, 0.2) is 5.82 Å². The minimum absolute atomic E-state index is 0.101. The fraction of sp³-hybridized carbons (Fsp3) is 0.400. The number of nitrogens with zero attached hydrogens (tertiary/aromatic N) is 1. The smallest absolute Gasteiger partial charge is 0.175 e. The number of hydrogen-bond donors (Lipinski definition) is 1. The van der Waals surface area contributed by atoms with Gasteiger partial charge in [-0.1, -0.05) is 33.2 Å². The molecule has 5 heteroatoms. The molecule has 1 aliphatic carbocycles. The van der Waals surface area contributed by atoms with Crippen molar-refractivity contribution in [3.05, 3.63) is 34.5 Å². The van der Waals surface area contributed by atoms with Crippen LogP contribution in [0.5, 0.6) is 0 Å². The van der Waals surface area contributed by atoms with Crippen LogP contribution >= 0.6 is 15.9 Å². The lowest BCUT2D eigenvalue weighted by Gasteiger charge is -2.39. The van der Waals surface area contributed by atoms with Gasteiger partial charge in [0.05, 0.1) is 11.2 Å². The van der Waals surface area contributed by atoms with Crippen molar-refractivity contribution in [3.8, 4) is 11.1 Å². The van der Waals surface area contributed by atoms with Crippen molar-refractivity contribution >= 4 is 21.7 Å². The van der Waals surface area contributed by atoms with E-state index in [2.05, 4.69) is 21.1 Å².